The third kappa shape index (κ3) is 3.48. The minimum absolute atomic E-state index is 0.528. The molecular formula is C18H17N3O. The molecule has 0 aliphatic rings. The molecule has 0 aliphatic carbocycles. The van der Waals surface area contributed by atoms with Gasteiger partial charge in [0.05, 0.1) is 5.69 Å². The van der Waals surface area contributed by atoms with E-state index >= 15 is 0 Å². The molecule has 0 bridgehead atoms. The van der Waals surface area contributed by atoms with Crippen LogP contribution < -0.4 is 10.5 Å². The van der Waals surface area contributed by atoms with Crippen LogP contribution >= 0.6 is 0 Å². The van der Waals surface area contributed by atoms with Crippen molar-refractivity contribution in [2.45, 2.75) is 6.42 Å². The van der Waals surface area contributed by atoms with Crippen molar-refractivity contribution in [2.75, 3.05) is 6.54 Å². The van der Waals surface area contributed by atoms with E-state index in [9.17, 15) is 0 Å². The third-order valence-corrected chi connectivity index (χ3v) is 3.29. The molecule has 0 amide bonds. The maximum Gasteiger partial charge on any atom is 0.222 e. The Hall–Kier alpha value is -2.72. The van der Waals surface area contributed by atoms with E-state index in [2.05, 4.69) is 9.97 Å². The second-order valence-corrected chi connectivity index (χ2v) is 4.89. The molecule has 4 heteroatoms. The van der Waals surface area contributed by atoms with Gasteiger partial charge >= 0.3 is 0 Å². The second-order valence-electron chi connectivity index (χ2n) is 4.89. The van der Waals surface area contributed by atoms with Crippen LogP contribution in [0.15, 0.2) is 67.0 Å². The van der Waals surface area contributed by atoms with Gasteiger partial charge in [-0.3, -0.25) is 0 Å². The molecule has 110 valence electrons. The van der Waals surface area contributed by atoms with Gasteiger partial charge in [0.2, 0.25) is 5.88 Å². The van der Waals surface area contributed by atoms with Gasteiger partial charge in [0.25, 0.3) is 0 Å². The first-order valence-corrected chi connectivity index (χ1v) is 7.19. The van der Waals surface area contributed by atoms with E-state index in [0.717, 1.165) is 23.4 Å². The Labute approximate surface area is 129 Å². The Morgan fingerprint density at radius 2 is 1.68 bits per heavy atom. The van der Waals surface area contributed by atoms with Crippen LogP contribution in [0.3, 0.4) is 0 Å². The zero-order valence-electron chi connectivity index (χ0n) is 12.1. The minimum Gasteiger partial charge on any atom is -0.439 e. The molecule has 3 rings (SSSR count). The molecule has 2 aromatic carbocycles. The first-order chi connectivity index (χ1) is 10.8. The van der Waals surface area contributed by atoms with E-state index in [1.165, 1.54) is 11.9 Å². The fraction of sp³-hybridized carbons (Fsp3) is 0.111. The number of aromatic nitrogens is 2. The Balaban J connectivity index is 1.78. The Kier molecular flexibility index (Phi) is 4.41. The third-order valence-electron chi connectivity index (χ3n) is 3.29. The van der Waals surface area contributed by atoms with Gasteiger partial charge in [-0.25, -0.2) is 9.97 Å². The molecule has 22 heavy (non-hydrogen) atoms. The van der Waals surface area contributed by atoms with Gasteiger partial charge < -0.3 is 10.5 Å². The quantitative estimate of drug-likeness (QED) is 0.782. The van der Waals surface area contributed by atoms with Crippen molar-refractivity contribution in [3.63, 3.8) is 0 Å². The SMILES string of the molecule is NCCc1ccc(Oc2cc(-c3ccccc3)ncn2)cc1. The standard InChI is InChI=1S/C18H17N3O/c19-11-10-14-6-8-16(9-7-14)22-18-12-17(20-13-21-18)15-4-2-1-3-5-15/h1-9,12-13H,10-11,19H2. The molecule has 0 aliphatic heterocycles. The van der Waals surface area contributed by atoms with Gasteiger partial charge in [-0.05, 0) is 30.7 Å². The Bertz CT molecular complexity index is 727. The van der Waals surface area contributed by atoms with Crippen molar-refractivity contribution in [1.29, 1.82) is 0 Å². The molecule has 0 unspecified atom stereocenters. The van der Waals surface area contributed by atoms with Gasteiger partial charge in [0.1, 0.15) is 12.1 Å². The first-order valence-electron chi connectivity index (χ1n) is 7.19. The molecule has 0 saturated carbocycles. The van der Waals surface area contributed by atoms with E-state index in [-0.39, 0.29) is 0 Å². The number of nitrogens with two attached hydrogens (primary N) is 1. The fourth-order valence-electron chi connectivity index (χ4n) is 2.17. The van der Waals surface area contributed by atoms with E-state index in [1.54, 1.807) is 0 Å². The van der Waals surface area contributed by atoms with E-state index in [1.807, 2.05) is 60.7 Å². The predicted octanol–water partition coefficient (Wildman–Crippen LogP) is 3.44. The molecule has 0 radical (unpaired) electrons. The summed E-state index contributed by atoms with van der Waals surface area (Å²) in [5.74, 6) is 1.28. The van der Waals surface area contributed by atoms with Crippen LogP contribution in [0.2, 0.25) is 0 Å². The zero-order chi connectivity index (χ0) is 15.2. The van der Waals surface area contributed by atoms with Crippen LogP contribution in [0.25, 0.3) is 11.3 Å². The van der Waals surface area contributed by atoms with Crippen LogP contribution in [-0.4, -0.2) is 16.5 Å². The molecular weight excluding hydrogens is 274 g/mol. The average molecular weight is 291 g/mol. The summed E-state index contributed by atoms with van der Waals surface area (Å²) in [6.07, 6.45) is 2.38. The molecule has 0 spiro atoms. The Morgan fingerprint density at radius 1 is 0.909 bits per heavy atom. The predicted molar refractivity (Wildman–Crippen MR) is 86.7 cm³/mol. The smallest absolute Gasteiger partial charge is 0.222 e. The van der Waals surface area contributed by atoms with Gasteiger partial charge in [-0.1, -0.05) is 42.5 Å². The van der Waals surface area contributed by atoms with E-state index in [4.69, 9.17) is 10.5 Å². The summed E-state index contributed by atoms with van der Waals surface area (Å²) in [6.45, 7) is 0.645. The van der Waals surface area contributed by atoms with Gasteiger partial charge in [-0.15, -0.1) is 0 Å². The molecule has 1 heterocycles. The molecule has 0 atom stereocenters. The highest BCUT2D eigenvalue weighted by Crippen LogP contribution is 2.23. The normalized spacial score (nSPS) is 10.4. The van der Waals surface area contributed by atoms with Crippen LogP contribution in [0, 0.1) is 0 Å². The lowest BCUT2D eigenvalue weighted by Gasteiger charge is -2.07. The van der Waals surface area contributed by atoms with Crippen molar-refractivity contribution < 1.29 is 4.74 Å². The summed E-state index contributed by atoms with van der Waals surface area (Å²) in [6, 6.07) is 19.7. The number of ether oxygens (including phenoxy) is 1. The van der Waals surface area contributed by atoms with Gasteiger partial charge in [0.15, 0.2) is 0 Å². The molecule has 0 saturated heterocycles. The lowest BCUT2D eigenvalue weighted by Crippen LogP contribution is -2.02. The number of nitrogens with zero attached hydrogens (tertiary/aromatic N) is 2. The van der Waals surface area contributed by atoms with Crippen molar-refractivity contribution in [1.82, 2.24) is 9.97 Å². The first kappa shape index (κ1) is 14.2. The van der Waals surface area contributed by atoms with Crippen LogP contribution in [0.4, 0.5) is 0 Å². The van der Waals surface area contributed by atoms with Crippen molar-refractivity contribution in [2.24, 2.45) is 5.73 Å². The number of hydrogen-bond acceptors (Lipinski definition) is 4. The van der Waals surface area contributed by atoms with Crippen LogP contribution in [-0.2, 0) is 6.42 Å². The van der Waals surface area contributed by atoms with Crippen LogP contribution in [0.5, 0.6) is 11.6 Å². The molecule has 4 nitrogen and oxygen atoms in total. The molecule has 3 aromatic rings. The summed E-state index contributed by atoms with van der Waals surface area (Å²) >= 11 is 0. The largest absolute Gasteiger partial charge is 0.439 e. The minimum atomic E-state index is 0.528. The summed E-state index contributed by atoms with van der Waals surface area (Å²) in [5.41, 5.74) is 8.62. The monoisotopic (exact) mass is 291 g/mol. The van der Waals surface area contributed by atoms with Crippen LogP contribution in [0.1, 0.15) is 5.56 Å². The highest BCUT2D eigenvalue weighted by atomic mass is 16.5. The van der Waals surface area contributed by atoms with E-state index in [0.29, 0.717) is 12.4 Å². The number of hydrogen-bond donors (Lipinski definition) is 1. The maximum atomic E-state index is 5.79. The van der Waals surface area contributed by atoms with Gasteiger partial charge in [-0.2, -0.15) is 0 Å². The van der Waals surface area contributed by atoms with E-state index < -0.39 is 0 Å². The lowest BCUT2D eigenvalue weighted by molar-refractivity contribution is 0.461. The summed E-state index contributed by atoms with van der Waals surface area (Å²) in [7, 11) is 0. The number of benzene rings is 2. The van der Waals surface area contributed by atoms with Crippen molar-refractivity contribution in [3.8, 4) is 22.9 Å². The zero-order valence-corrected chi connectivity index (χ0v) is 12.1. The van der Waals surface area contributed by atoms with Crippen molar-refractivity contribution in [3.05, 3.63) is 72.6 Å². The highest BCUT2D eigenvalue weighted by molar-refractivity contribution is 5.59. The average Bonchev–Trinajstić information content (AvgIpc) is 2.58. The summed E-state index contributed by atoms with van der Waals surface area (Å²) in [5, 5.41) is 0. The highest BCUT2D eigenvalue weighted by Gasteiger charge is 2.04. The fourth-order valence-corrected chi connectivity index (χ4v) is 2.17. The summed E-state index contributed by atoms with van der Waals surface area (Å²) < 4.78 is 5.79. The maximum absolute atomic E-state index is 5.79. The Morgan fingerprint density at radius 3 is 2.41 bits per heavy atom. The molecule has 0 fully saturated rings. The molecule has 2 N–H and O–H groups in total. The topological polar surface area (TPSA) is 61.0 Å². The molecule has 1 aromatic heterocycles. The lowest BCUT2D eigenvalue weighted by atomic mass is 10.1. The number of rotatable bonds is 5. The van der Waals surface area contributed by atoms with Gasteiger partial charge in [0, 0.05) is 11.6 Å². The van der Waals surface area contributed by atoms with Crippen molar-refractivity contribution >= 4 is 0 Å². The summed E-state index contributed by atoms with van der Waals surface area (Å²) in [4.78, 5) is 8.45. The second kappa shape index (κ2) is 6.83.